The van der Waals surface area contributed by atoms with Crippen molar-refractivity contribution in [3.05, 3.63) is 17.5 Å². The summed E-state index contributed by atoms with van der Waals surface area (Å²) in [5, 5.41) is 4.37. The van der Waals surface area contributed by atoms with E-state index < -0.39 is 0 Å². The van der Waals surface area contributed by atoms with Crippen LogP contribution in [0.4, 0.5) is 0 Å². The number of rotatable bonds is 3. The third kappa shape index (κ3) is 2.60. The first-order valence-electron chi connectivity index (χ1n) is 6.34. The molecule has 1 fully saturated rings. The minimum atomic E-state index is -0.342. The number of Topliss-reactive ketones (excluding diaryl/α,β-unsaturated/α-hetero) is 1. The minimum absolute atomic E-state index is 0.289. The quantitative estimate of drug-likeness (QED) is 0.768. The molecule has 1 aromatic heterocycles. The van der Waals surface area contributed by atoms with Crippen molar-refractivity contribution in [3.63, 3.8) is 0 Å². The fourth-order valence-corrected chi connectivity index (χ4v) is 2.32. The first-order valence-corrected chi connectivity index (χ1v) is 6.34. The molecule has 98 valence electrons. The highest BCUT2D eigenvalue weighted by atomic mass is 16.5. The minimum Gasteiger partial charge on any atom is -0.461 e. The maximum absolute atomic E-state index is 11.7. The summed E-state index contributed by atoms with van der Waals surface area (Å²) in [6, 6.07) is 1.79. The van der Waals surface area contributed by atoms with Gasteiger partial charge < -0.3 is 4.74 Å². The Morgan fingerprint density at radius 2 is 2.17 bits per heavy atom. The summed E-state index contributed by atoms with van der Waals surface area (Å²) >= 11 is 0. The molecule has 0 amide bonds. The van der Waals surface area contributed by atoms with E-state index >= 15 is 0 Å². The van der Waals surface area contributed by atoms with Crippen LogP contribution in [0.25, 0.3) is 0 Å². The zero-order valence-corrected chi connectivity index (χ0v) is 10.8. The molecule has 0 spiro atoms. The van der Waals surface area contributed by atoms with Gasteiger partial charge in [-0.1, -0.05) is 0 Å². The van der Waals surface area contributed by atoms with E-state index in [2.05, 4.69) is 5.10 Å². The second kappa shape index (κ2) is 5.33. The van der Waals surface area contributed by atoms with Gasteiger partial charge in [0.15, 0.2) is 0 Å². The van der Waals surface area contributed by atoms with E-state index in [-0.39, 0.29) is 11.9 Å². The molecule has 1 heterocycles. The predicted molar refractivity (Wildman–Crippen MR) is 65.4 cm³/mol. The Morgan fingerprint density at radius 3 is 2.78 bits per heavy atom. The van der Waals surface area contributed by atoms with Crippen LogP contribution in [0.2, 0.25) is 0 Å². The number of hydrogen-bond acceptors (Lipinski definition) is 4. The van der Waals surface area contributed by atoms with E-state index in [0.29, 0.717) is 30.9 Å². The maximum Gasteiger partial charge on any atom is 0.356 e. The van der Waals surface area contributed by atoms with Gasteiger partial charge >= 0.3 is 5.97 Å². The molecule has 0 bridgehead atoms. The number of esters is 1. The lowest BCUT2D eigenvalue weighted by Gasteiger charge is -2.18. The van der Waals surface area contributed by atoms with Crippen LogP contribution in [0.3, 0.4) is 0 Å². The Morgan fingerprint density at radius 1 is 1.50 bits per heavy atom. The molecule has 0 saturated heterocycles. The molecular formula is C13H18N2O3. The van der Waals surface area contributed by atoms with Crippen LogP contribution in [0.1, 0.15) is 54.7 Å². The monoisotopic (exact) mass is 250 g/mol. The molecule has 1 aliphatic rings. The number of hydrogen-bond donors (Lipinski definition) is 0. The summed E-state index contributed by atoms with van der Waals surface area (Å²) in [7, 11) is 1.74. The van der Waals surface area contributed by atoms with Gasteiger partial charge in [0.1, 0.15) is 11.5 Å². The molecule has 5 heteroatoms. The topological polar surface area (TPSA) is 61.2 Å². The van der Waals surface area contributed by atoms with Crippen molar-refractivity contribution in [1.82, 2.24) is 9.78 Å². The Balaban J connectivity index is 2.13. The Bertz CT molecular complexity index is 455. The Hall–Kier alpha value is -1.65. The van der Waals surface area contributed by atoms with Crippen molar-refractivity contribution in [2.24, 2.45) is 7.05 Å². The molecule has 0 radical (unpaired) electrons. The zero-order chi connectivity index (χ0) is 13.1. The van der Waals surface area contributed by atoms with E-state index in [1.165, 1.54) is 0 Å². The molecule has 2 rings (SSSR count). The Kier molecular flexibility index (Phi) is 3.79. The van der Waals surface area contributed by atoms with Gasteiger partial charge in [0, 0.05) is 25.8 Å². The van der Waals surface area contributed by atoms with Gasteiger partial charge in [-0.15, -0.1) is 0 Å². The van der Waals surface area contributed by atoms with Crippen LogP contribution < -0.4 is 0 Å². The van der Waals surface area contributed by atoms with E-state index in [0.717, 1.165) is 18.5 Å². The van der Waals surface area contributed by atoms with Crippen LogP contribution in [0.15, 0.2) is 6.07 Å². The second-order valence-corrected chi connectivity index (χ2v) is 4.61. The average Bonchev–Trinajstić information content (AvgIpc) is 2.72. The van der Waals surface area contributed by atoms with Crippen LogP contribution in [0, 0.1) is 0 Å². The molecule has 1 aromatic rings. The summed E-state index contributed by atoms with van der Waals surface area (Å²) in [6.45, 7) is 2.14. The van der Waals surface area contributed by atoms with Crippen molar-refractivity contribution in [2.45, 2.75) is 38.5 Å². The van der Waals surface area contributed by atoms with Crippen LogP contribution in [0.5, 0.6) is 0 Å². The SMILES string of the molecule is CCOC(=O)c1cc(C2CCC(=O)CC2)nn1C. The van der Waals surface area contributed by atoms with E-state index in [1.807, 2.05) is 0 Å². The first kappa shape index (κ1) is 12.8. The van der Waals surface area contributed by atoms with Gasteiger partial charge in [0.25, 0.3) is 0 Å². The lowest BCUT2D eigenvalue weighted by Crippen LogP contribution is -2.13. The molecule has 5 nitrogen and oxygen atoms in total. The molecule has 0 N–H and O–H groups in total. The number of ketones is 1. The number of aryl methyl sites for hydroxylation is 1. The van der Waals surface area contributed by atoms with Gasteiger partial charge in [-0.05, 0) is 25.8 Å². The summed E-state index contributed by atoms with van der Waals surface area (Å²) in [5.74, 6) is 0.274. The largest absolute Gasteiger partial charge is 0.461 e. The van der Waals surface area contributed by atoms with Crippen molar-refractivity contribution in [3.8, 4) is 0 Å². The molecule has 0 unspecified atom stereocenters. The number of nitrogens with zero attached hydrogens (tertiary/aromatic N) is 2. The van der Waals surface area contributed by atoms with Gasteiger partial charge in [0.2, 0.25) is 0 Å². The van der Waals surface area contributed by atoms with Gasteiger partial charge in [-0.3, -0.25) is 9.48 Å². The smallest absolute Gasteiger partial charge is 0.356 e. The predicted octanol–water partition coefficient (Wildman–Crippen LogP) is 1.82. The highest BCUT2D eigenvalue weighted by Gasteiger charge is 2.24. The molecule has 1 saturated carbocycles. The number of aromatic nitrogens is 2. The average molecular weight is 250 g/mol. The molecule has 1 aliphatic carbocycles. The molecule has 0 aliphatic heterocycles. The maximum atomic E-state index is 11.7. The third-order valence-electron chi connectivity index (χ3n) is 3.34. The standard InChI is InChI=1S/C13H18N2O3/c1-3-18-13(17)12-8-11(14-15(12)2)9-4-6-10(16)7-5-9/h8-9H,3-7H2,1-2H3. The normalized spacial score (nSPS) is 16.9. The molecule has 0 aromatic carbocycles. The number of carbonyl (C=O) groups excluding carboxylic acids is 2. The van der Waals surface area contributed by atoms with E-state index in [1.54, 1.807) is 24.7 Å². The van der Waals surface area contributed by atoms with Crippen molar-refractivity contribution in [2.75, 3.05) is 6.61 Å². The molecule has 18 heavy (non-hydrogen) atoms. The number of ether oxygens (including phenoxy) is 1. The summed E-state index contributed by atoms with van der Waals surface area (Å²) in [4.78, 5) is 22.9. The van der Waals surface area contributed by atoms with Gasteiger partial charge in [-0.25, -0.2) is 4.79 Å². The van der Waals surface area contributed by atoms with E-state index in [4.69, 9.17) is 4.74 Å². The first-order chi connectivity index (χ1) is 8.61. The number of carbonyl (C=O) groups is 2. The highest BCUT2D eigenvalue weighted by molar-refractivity contribution is 5.87. The second-order valence-electron chi connectivity index (χ2n) is 4.61. The molecule has 0 atom stereocenters. The third-order valence-corrected chi connectivity index (χ3v) is 3.34. The Labute approximate surface area is 106 Å². The van der Waals surface area contributed by atoms with Crippen molar-refractivity contribution in [1.29, 1.82) is 0 Å². The van der Waals surface area contributed by atoms with Gasteiger partial charge in [0.05, 0.1) is 12.3 Å². The van der Waals surface area contributed by atoms with Crippen molar-refractivity contribution >= 4 is 11.8 Å². The fourth-order valence-electron chi connectivity index (χ4n) is 2.32. The highest BCUT2D eigenvalue weighted by Crippen LogP contribution is 2.30. The molecular weight excluding hydrogens is 232 g/mol. The van der Waals surface area contributed by atoms with Gasteiger partial charge in [-0.2, -0.15) is 5.10 Å². The summed E-state index contributed by atoms with van der Waals surface area (Å²) < 4.78 is 6.53. The van der Waals surface area contributed by atoms with E-state index in [9.17, 15) is 9.59 Å². The zero-order valence-electron chi connectivity index (χ0n) is 10.8. The van der Waals surface area contributed by atoms with Crippen molar-refractivity contribution < 1.29 is 14.3 Å². The lowest BCUT2D eigenvalue weighted by atomic mass is 9.86. The van der Waals surface area contributed by atoms with Crippen LogP contribution in [-0.2, 0) is 16.6 Å². The summed E-state index contributed by atoms with van der Waals surface area (Å²) in [6.07, 6.45) is 2.90. The fraction of sp³-hybridized carbons (Fsp3) is 0.615. The van der Waals surface area contributed by atoms with Crippen LogP contribution in [-0.4, -0.2) is 28.1 Å². The summed E-state index contributed by atoms with van der Waals surface area (Å²) in [5.41, 5.74) is 1.37. The lowest BCUT2D eigenvalue weighted by molar-refractivity contribution is -0.120. The van der Waals surface area contributed by atoms with Crippen LogP contribution >= 0.6 is 0 Å².